The highest BCUT2D eigenvalue weighted by molar-refractivity contribution is 5.90. The highest BCUT2D eigenvalue weighted by atomic mass is 19.4. The Balaban J connectivity index is 2.25. The van der Waals surface area contributed by atoms with Crippen molar-refractivity contribution in [1.29, 1.82) is 0 Å². The second-order valence-corrected chi connectivity index (χ2v) is 4.88. The molecule has 0 aliphatic carbocycles. The van der Waals surface area contributed by atoms with Crippen LogP contribution >= 0.6 is 0 Å². The number of hydrogen-bond donors (Lipinski definition) is 1. The third kappa shape index (κ3) is 2.45. The van der Waals surface area contributed by atoms with Gasteiger partial charge >= 0.3 is 6.18 Å². The molecule has 112 valence electrons. The topological polar surface area (TPSA) is 64.7 Å². The number of benzene rings is 1. The van der Waals surface area contributed by atoms with E-state index in [1.165, 1.54) is 0 Å². The highest BCUT2D eigenvalue weighted by Crippen LogP contribution is 2.35. The van der Waals surface area contributed by atoms with Crippen LogP contribution in [0.25, 0.3) is 22.3 Å². The summed E-state index contributed by atoms with van der Waals surface area (Å²) in [5, 5.41) is -0.156. The van der Waals surface area contributed by atoms with Gasteiger partial charge in [-0.3, -0.25) is 0 Å². The van der Waals surface area contributed by atoms with Crippen molar-refractivity contribution < 1.29 is 13.2 Å². The summed E-state index contributed by atoms with van der Waals surface area (Å²) in [5.74, 6) is 0.253. The van der Waals surface area contributed by atoms with Gasteiger partial charge in [0.15, 0.2) is 5.82 Å². The van der Waals surface area contributed by atoms with Crippen molar-refractivity contribution in [3.63, 3.8) is 0 Å². The van der Waals surface area contributed by atoms with Crippen molar-refractivity contribution in [3.05, 3.63) is 47.8 Å². The number of anilines is 1. The summed E-state index contributed by atoms with van der Waals surface area (Å²) >= 11 is 0. The summed E-state index contributed by atoms with van der Waals surface area (Å²) in [7, 11) is 0. The molecule has 7 heteroatoms. The number of aryl methyl sites for hydroxylation is 1. The van der Waals surface area contributed by atoms with E-state index in [-0.39, 0.29) is 16.7 Å². The molecule has 0 aliphatic heterocycles. The van der Waals surface area contributed by atoms with Crippen molar-refractivity contribution in [2.45, 2.75) is 13.1 Å². The second-order valence-electron chi connectivity index (χ2n) is 4.88. The first-order valence-corrected chi connectivity index (χ1v) is 6.42. The normalized spacial score (nSPS) is 11.8. The van der Waals surface area contributed by atoms with Crippen LogP contribution < -0.4 is 5.73 Å². The van der Waals surface area contributed by atoms with Gasteiger partial charge < -0.3 is 5.73 Å². The Kier molecular flexibility index (Phi) is 3.20. The fraction of sp³-hybridized carbons (Fsp3) is 0.133. The lowest BCUT2D eigenvalue weighted by Gasteiger charge is -2.11. The summed E-state index contributed by atoms with van der Waals surface area (Å²) < 4.78 is 39.0. The van der Waals surface area contributed by atoms with E-state index in [1.807, 2.05) is 25.1 Å². The number of aromatic nitrogens is 3. The van der Waals surface area contributed by atoms with Crippen molar-refractivity contribution in [1.82, 2.24) is 15.0 Å². The summed E-state index contributed by atoms with van der Waals surface area (Å²) in [5.41, 5.74) is 6.49. The molecule has 0 amide bonds. The van der Waals surface area contributed by atoms with Gasteiger partial charge in [0.25, 0.3) is 0 Å². The fourth-order valence-corrected chi connectivity index (χ4v) is 2.19. The quantitative estimate of drug-likeness (QED) is 0.746. The molecular formula is C15H11F3N4. The molecule has 0 saturated heterocycles. The van der Waals surface area contributed by atoms with Crippen molar-refractivity contribution in [2.24, 2.45) is 0 Å². The van der Waals surface area contributed by atoms with Gasteiger partial charge in [-0.05, 0) is 13.0 Å². The number of nitrogens with two attached hydrogens (primary N) is 1. The zero-order valence-corrected chi connectivity index (χ0v) is 11.5. The van der Waals surface area contributed by atoms with E-state index in [4.69, 9.17) is 5.73 Å². The van der Waals surface area contributed by atoms with Crippen LogP contribution in [-0.4, -0.2) is 15.0 Å². The second kappa shape index (κ2) is 4.94. The zero-order valence-electron chi connectivity index (χ0n) is 11.5. The van der Waals surface area contributed by atoms with Gasteiger partial charge in [-0.1, -0.05) is 23.8 Å². The lowest BCUT2D eigenvalue weighted by atomic mass is 10.1. The monoisotopic (exact) mass is 304 g/mol. The molecule has 0 spiro atoms. The molecule has 0 bridgehead atoms. The molecule has 0 unspecified atom stereocenters. The third-order valence-corrected chi connectivity index (χ3v) is 3.24. The van der Waals surface area contributed by atoms with Gasteiger partial charge in [0.2, 0.25) is 0 Å². The number of rotatable bonds is 1. The first-order valence-electron chi connectivity index (χ1n) is 6.42. The van der Waals surface area contributed by atoms with E-state index < -0.39 is 11.7 Å². The lowest BCUT2D eigenvalue weighted by Crippen LogP contribution is -2.09. The van der Waals surface area contributed by atoms with Crippen molar-refractivity contribution >= 4 is 16.7 Å². The number of alkyl halides is 3. The maximum Gasteiger partial charge on any atom is 0.418 e. The minimum absolute atomic E-state index is 0.00123. The largest absolute Gasteiger partial charge is 0.418 e. The van der Waals surface area contributed by atoms with E-state index >= 15 is 0 Å². The van der Waals surface area contributed by atoms with E-state index in [1.54, 1.807) is 6.07 Å². The van der Waals surface area contributed by atoms with Gasteiger partial charge in [-0.25, -0.2) is 15.0 Å². The Hall–Kier alpha value is -2.70. The van der Waals surface area contributed by atoms with Crippen LogP contribution in [0.15, 0.2) is 36.7 Å². The number of halogens is 3. The molecule has 3 aromatic rings. The van der Waals surface area contributed by atoms with Crippen LogP contribution in [0.2, 0.25) is 0 Å². The number of hydrogen-bond acceptors (Lipinski definition) is 4. The molecule has 2 heterocycles. The number of nitrogen functional groups attached to an aromatic ring is 1. The molecule has 0 aliphatic rings. The Labute approximate surface area is 123 Å². The van der Waals surface area contributed by atoms with Crippen LogP contribution in [-0.2, 0) is 6.18 Å². The van der Waals surface area contributed by atoms with E-state index in [2.05, 4.69) is 15.0 Å². The molecule has 0 radical (unpaired) electrons. The zero-order chi connectivity index (χ0) is 15.9. The SMILES string of the molecule is Cc1cccc(-c2ncc3c(C(F)(F)F)cnc(N)c3n2)c1. The van der Waals surface area contributed by atoms with E-state index in [9.17, 15) is 13.2 Å². The van der Waals surface area contributed by atoms with Gasteiger partial charge in [0.05, 0.1) is 5.56 Å². The Morgan fingerprint density at radius 3 is 2.55 bits per heavy atom. The molecule has 0 fully saturated rings. The minimum atomic E-state index is -4.53. The average molecular weight is 304 g/mol. The lowest BCUT2D eigenvalue weighted by molar-refractivity contribution is -0.136. The van der Waals surface area contributed by atoms with Gasteiger partial charge in [0.1, 0.15) is 11.3 Å². The van der Waals surface area contributed by atoms with E-state index in [0.717, 1.165) is 11.8 Å². The first-order chi connectivity index (χ1) is 10.4. The highest BCUT2D eigenvalue weighted by Gasteiger charge is 2.34. The van der Waals surface area contributed by atoms with Gasteiger partial charge in [-0.15, -0.1) is 0 Å². The predicted molar refractivity (Wildman–Crippen MR) is 76.9 cm³/mol. The van der Waals surface area contributed by atoms with Crippen LogP contribution in [0.5, 0.6) is 0 Å². The number of fused-ring (bicyclic) bond motifs is 1. The maximum atomic E-state index is 13.0. The molecule has 22 heavy (non-hydrogen) atoms. The molecule has 2 aromatic heterocycles. The minimum Gasteiger partial charge on any atom is -0.382 e. The molecular weight excluding hydrogens is 293 g/mol. The maximum absolute atomic E-state index is 13.0. The van der Waals surface area contributed by atoms with E-state index in [0.29, 0.717) is 17.6 Å². The molecule has 3 rings (SSSR count). The summed E-state index contributed by atoms with van der Waals surface area (Å²) in [6, 6.07) is 7.36. The standard InChI is InChI=1S/C15H11F3N4/c1-8-3-2-4-9(5-8)14-21-6-10-11(15(16,17)18)7-20-13(19)12(10)22-14/h2-7H,1H3,(H2,19,20). The van der Waals surface area contributed by atoms with Crippen molar-refractivity contribution in [3.8, 4) is 11.4 Å². The smallest absolute Gasteiger partial charge is 0.382 e. The van der Waals surface area contributed by atoms with Crippen LogP contribution in [0, 0.1) is 6.92 Å². The summed E-state index contributed by atoms with van der Waals surface area (Å²) in [6.07, 6.45) is -2.69. The third-order valence-electron chi connectivity index (χ3n) is 3.24. The first kappa shape index (κ1) is 14.2. The molecule has 4 nitrogen and oxygen atoms in total. The Morgan fingerprint density at radius 1 is 1.09 bits per heavy atom. The Morgan fingerprint density at radius 2 is 1.86 bits per heavy atom. The molecule has 0 saturated carbocycles. The average Bonchev–Trinajstić information content (AvgIpc) is 2.46. The van der Waals surface area contributed by atoms with Crippen molar-refractivity contribution in [2.75, 3.05) is 5.73 Å². The van der Waals surface area contributed by atoms with Crippen LogP contribution in [0.1, 0.15) is 11.1 Å². The van der Waals surface area contributed by atoms with Crippen LogP contribution in [0.3, 0.4) is 0 Å². The predicted octanol–water partition coefficient (Wildman–Crippen LogP) is 3.60. The summed E-state index contributed by atoms with van der Waals surface area (Å²) in [6.45, 7) is 1.90. The van der Waals surface area contributed by atoms with Gasteiger partial charge in [-0.2, -0.15) is 13.2 Å². The summed E-state index contributed by atoms with van der Waals surface area (Å²) in [4.78, 5) is 11.8. The molecule has 0 atom stereocenters. The van der Waals surface area contributed by atoms with Crippen LogP contribution in [0.4, 0.5) is 19.0 Å². The number of nitrogens with zero attached hydrogens (tertiary/aromatic N) is 3. The van der Waals surface area contributed by atoms with Gasteiger partial charge in [0, 0.05) is 23.3 Å². The molecule has 1 aromatic carbocycles. The molecule has 2 N–H and O–H groups in total. The number of pyridine rings is 1. The Bertz CT molecular complexity index is 859. The fourth-order valence-electron chi connectivity index (χ4n) is 2.19.